The van der Waals surface area contributed by atoms with E-state index >= 15 is 0 Å². The number of nitrogens with zero attached hydrogens (tertiary/aromatic N) is 2. The molecule has 5 nitrogen and oxygen atoms in total. The van der Waals surface area contributed by atoms with Crippen LogP contribution in [0.3, 0.4) is 0 Å². The molecule has 0 heterocycles. The molecule has 0 saturated heterocycles. The lowest BCUT2D eigenvalue weighted by molar-refractivity contribution is -0.133. The van der Waals surface area contributed by atoms with Gasteiger partial charge < -0.3 is 10.2 Å². The van der Waals surface area contributed by atoms with E-state index in [0.717, 1.165) is 0 Å². The summed E-state index contributed by atoms with van der Waals surface area (Å²) in [6.45, 7) is 6.91. The molecule has 1 atom stereocenters. The van der Waals surface area contributed by atoms with E-state index in [1.165, 1.54) is 12.1 Å². The van der Waals surface area contributed by atoms with E-state index in [1.807, 2.05) is 13.8 Å². The maximum atomic E-state index is 13.8. The second-order valence-corrected chi connectivity index (χ2v) is 6.19. The highest BCUT2D eigenvalue weighted by Crippen LogP contribution is 2.19. The standard InChI is InChI=1S/C16H23BrFN3O2/c1-5-21(6-2)15(22)10-20(4)11(3)16(23)19-14-8-7-12(17)9-13(14)18/h7-9,11H,5-6,10H2,1-4H3,(H,19,23). The lowest BCUT2D eigenvalue weighted by Crippen LogP contribution is -2.46. The highest BCUT2D eigenvalue weighted by molar-refractivity contribution is 9.10. The van der Waals surface area contributed by atoms with Gasteiger partial charge in [0.1, 0.15) is 5.82 Å². The van der Waals surface area contributed by atoms with E-state index in [-0.39, 0.29) is 24.0 Å². The zero-order chi connectivity index (χ0) is 17.6. The first-order chi connectivity index (χ1) is 10.8. The molecule has 1 rings (SSSR count). The van der Waals surface area contributed by atoms with Crippen molar-refractivity contribution in [2.24, 2.45) is 0 Å². The van der Waals surface area contributed by atoms with Crippen LogP contribution < -0.4 is 5.32 Å². The van der Waals surface area contributed by atoms with Crippen LogP contribution in [0.15, 0.2) is 22.7 Å². The van der Waals surface area contributed by atoms with Gasteiger partial charge in [0.2, 0.25) is 11.8 Å². The number of halogens is 2. The van der Waals surface area contributed by atoms with Crippen LogP contribution in [0.2, 0.25) is 0 Å². The quantitative estimate of drug-likeness (QED) is 0.782. The Labute approximate surface area is 145 Å². The zero-order valence-corrected chi connectivity index (χ0v) is 15.5. The van der Waals surface area contributed by atoms with Gasteiger partial charge in [-0.1, -0.05) is 15.9 Å². The molecule has 0 spiro atoms. The maximum absolute atomic E-state index is 13.8. The van der Waals surface area contributed by atoms with Gasteiger partial charge in [-0.3, -0.25) is 14.5 Å². The van der Waals surface area contributed by atoms with Gasteiger partial charge in [0, 0.05) is 17.6 Å². The highest BCUT2D eigenvalue weighted by atomic mass is 79.9. The summed E-state index contributed by atoms with van der Waals surface area (Å²) >= 11 is 3.17. The third-order valence-electron chi connectivity index (χ3n) is 3.73. The van der Waals surface area contributed by atoms with Crippen LogP contribution >= 0.6 is 15.9 Å². The maximum Gasteiger partial charge on any atom is 0.241 e. The predicted octanol–water partition coefficient (Wildman–Crippen LogP) is 2.72. The molecule has 23 heavy (non-hydrogen) atoms. The smallest absolute Gasteiger partial charge is 0.241 e. The van der Waals surface area contributed by atoms with Crippen molar-refractivity contribution in [1.29, 1.82) is 0 Å². The summed E-state index contributed by atoms with van der Waals surface area (Å²) in [5, 5.41) is 2.55. The molecule has 0 bridgehead atoms. The number of hydrogen-bond acceptors (Lipinski definition) is 3. The van der Waals surface area contributed by atoms with E-state index in [9.17, 15) is 14.0 Å². The third-order valence-corrected chi connectivity index (χ3v) is 4.22. The lowest BCUT2D eigenvalue weighted by atomic mass is 10.2. The van der Waals surface area contributed by atoms with Gasteiger partial charge in [-0.15, -0.1) is 0 Å². The fraction of sp³-hybridized carbons (Fsp3) is 0.500. The number of hydrogen-bond donors (Lipinski definition) is 1. The first-order valence-electron chi connectivity index (χ1n) is 7.54. The van der Waals surface area contributed by atoms with Crippen LogP contribution in [0.5, 0.6) is 0 Å². The number of likely N-dealkylation sites (N-methyl/N-ethyl adjacent to an activating group) is 2. The molecule has 0 fully saturated rings. The number of carbonyl (C=O) groups is 2. The molecule has 2 amide bonds. The molecule has 0 aliphatic carbocycles. The zero-order valence-electron chi connectivity index (χ0n) is 13.9. The van der Waals surface area contributed by atoms with Crippen molar-refractivity contribution in [2.45, 2.75) is 26.8 Å². The first-order valence-corrected chi connectivity index (χ1v) is 8.33. The van der Waals surface area contributed by atoms with Crippen molar-refractivity contribution in [2.75, 3.05) is 32.0 Å². The number of anilines is 1. The van der Waals surface area contributed by atoms with Gasteiger partial charge in [0.15, 0.2) is 0 Å². The van der Waals surface area contributed by atoms with Crippen molar-refractivity contribution in [1.82, 2.24) is 9.80 Å². The molecule has 0 saturated carbocycles. The minimum atomic E-state index is -0.558. The van der Waals surface area contributed by atoms with Crippen LogP contribution in [0.1, 0.15) is 20.8 Å². The molecule has 1 aromatic carbocycles. The molecule has 1 unspecified atom stereocenters. The summed E-state index contributed by atoms with van der Waals surface area (Å²) in [5.41, 5.74) is 0.119. The van der Waals surface area contributed by atoms with Crippen LogP contribution in [0.25, 0.3) is 0 Å². The number of amides is 2. The van der Waals surface area contributed by atoms with E-state index in [0.29, 0.717) is 17.6 Å². The van der Waals surface area contributed by atoms with Crippen LogP contribution in [0.4, 0.5) is 10.1 Å². The Morgan fingerprint density at radius 2 is 1.91 bits per heavy atom. The summed E-state index contributed by atoms with van der Waals surface area (Å²) in [6.07, 6.45) is 0. The number of nitrogens with one attached hydrogen (secondary N) is 1. The second kappa shape index (κ2) is 8.98. The largest absolute Gasteiger partial charge is 0.342 e. The molecular weight excluding hydrogens is 365 g/mol. The minimum absolute atomic E-state index is 0.0352. The summed E-state index contributed by atoms with van der Waals surface area (Å²) in [4.78, 5) is 27.7. The van der Waals surface area contributed by atoms with Crippen molar-refractivity contribution >= 4 is 33.4 Å². The number of carbonyl (C=O) groups excluding carboxylic acids is 2. The summed E-state index contributed by atoms with van der Waals surface area (Å²) < 4.78 is 14.4. The third kappa shape index (κ3) is 5.58. The van der Waals surface area contributed by atoms with Crippen LogP contribution in [0, 0.1) is 5.82 Å². The SMILES string of the molecule is CCN(CC)C(=O)CN(C)C(C)C(=O)Nc1ccc(Br)cc1F. The first kappa shape index (κ1) is 19.6. The molecule has 0 radical (unpaired) electrons. The van der Waals surface area contributed by atoms with E-state index in [4.69, 9.17) is 0 Å². The van der Waals surface area contributed by atoms with Crippen LogP contribution in [-0.4, -0.2) is 54.3 Å². The summed E-state index contributed by atoms with van der Waals surface area (Å²) in [6, 6.07) is 3.87. The molecule has 7 heteroatoms. The molecule has 128 valence electrons. The Morgan fingerprint density at radius 1 is 1.30 bits per heavy atom. The number of benzene rings is 1. The fourth-order valence-electron chi connectivity index (χ4n) is 2.05. The van der Waals surface area contributed by atoms with Gasteiger partial charge in [-0.2, -0.15) is 0 Å². The Balaban J connectivity index is 2.66. The van der Waals surface area contributed by atoms with Gasteiger partial charge in [-0.05, 0) is 46.0 Å². The minimum Gasteiger partial charge on any atom is -0.342 e. The Hall–Kier alpha value is -1.47. The Morgan fingerprint density at radius 3 is 2.43 bits per heavy atom. The summed E-state index contributed by atoms with van der Waals surface area (Å²) in [7, 11) is 1.70. The second-order valence-electron chi connectivity index (χ2n) is 5.27. The normalized spacial score (nSPS) is 12.1. The number of rotatable bonds is 7. The fourth-order valence-corrected chi connectivity index (χ4v) is 2.39. The van der Waals surface area contributed by atoms with Gasteiger partial charge in [-0.25, -0.2) is 4.39 Å². The van der Waals surface area contributed by atoms with Gasteiger partial charge >= 0.3 is 0 Å². The molecular formula is C16H23BrFN3O2. The highest BCUT2D eigenvalue weighted by Gasteiger charge is 2.22. The topological polar surface area (TPSA) is 52.7 Å². The average molecular weight is 388 g/mol. The molecule has 0 aliphatic heterocycles. The Bertz CT molecular complexity index is 564. The predicted molar refractivity (Wildman–Crippen MR) is 92.7 cm³/mol. The van der Waals surface area contributed by atoms with Crippen molar-refractivity contribution in [3.8, 4) is 0 Å². The van der Waals surface area contributed by atoms with Gasteiger partial charge in [0.05, 0.1) is 18.3 Å². The van der Waals surface area contributed by atoms with Crippen molar-refractivity contribution in [3.63, 3.8) is 0 Å². The van der Waals surface area contributed by atoms with Crippen molar-refractivity contribution < 1.29 is 14.0 Å². The molecule has 1 N–H and O–H groups in total. The lowest BCUT2D eigenvalue weighted by Gasteiger charge is -2.26. The molecule has 0 aromatic heterocycles. The van der Waals surface area contributed by atoms with Gasteiger partial charge in [0.25, 0.3) is 0 Å². The Kier molecular flexibility index (Phi) is 7.64. The monoisotopic (exact) mass is 387 g/mol. The summed E-state index contributed by atoms with van der Waals surface area (Å²) in [5.74, 6) is -0.908. The molecule has 0 aliphatic rings. The average Bonchev–Trinajstić information content (AvgIpc) is 2.50. The van der Waals surface area contributed by atoms with E-state index < -0.39 is 11.9 Å². The van der Waals surface area contributed by atoms with E-state index in [2.05, 4.69) is 21.2 Å². The molecule has 1 aromatic rings. The van der Waals surface area contributed by atoms with E-state index in [1.54, 1.807) is 29.8 Å². The van der Waals surface area contributed by atoms with Crippen LogP contribution in [-0.2, 0) is 9.59 Å². The van der Waals surface area contributed by atoms with Crippen molar-refractivity contribution in [3.05, 3.63) is 28.5 Å².